The first-order valence-electron chi connectivity index (χ1n) is 12.3. The number of primary amides is 1. The highest BCUT2D eigenvalue weighted by atomic mass is 19.2. The molecule has 0 atom stereocenters. The Morgan fingerprint density at radius 3 is 2.41 bits per heavy atom. The lowest BCUT2D eigenvalue weighted by Crippen LogP contribution is -2.62. The van der Waals surface area contributed by atoms with Crippen molar-refractivity contribution in [3.05, 3.63) is 69.9 Å². The molecule has 13 nitrogen and oxygen atoms in total. The SMILES string of the molecule is CC(C)(C)OC(=O)N1CC(N(CC=O)c2nn(-c3ccc(Oc4cccc(F)c4F)cc3)c(C(N)=O)c2[N+](=O)[O-])C1. The Labute approximate surface area is 232 Å². The van der Waals surface area contributed by atoms with Crippen LogP contribution in [0.5, 0.6) is 11.5 Å². The lowest BCUT2D eigenvalue weighted by Gasteiger charge is -2.44. The van der Waals surface area contributed by atoms with Gasteiger partial charge in [0, 0.05) is 13.1 Å². The normalized spacial score (nSPS) is 13.3. The van der Waals surface area contributed by atoms with E-state index in [0.29, 0.717) is 6.29 Å². The summed E-state index contributed by atoms with van der Waals surface area (Å²) in [5.41, 5.74) is 3.65. The molecule has 1 aromatic heterocycles. The molecule has 2 amide bonds. The second-order valence-electron chi connectivity index (χ2n) is 10.1. The first-order chi connectivity index (χ1) is 19.3. The van der Waals surface area contributed by atoms with Gasteiger partial charge in [-0.3, -0.25) is 14.9 Å². The molecule has 216 valence electrons. The van der Waals surface area contributed by atoms with Crippen LogP contribution < -0.4 is 15.4 Å². The van der Waals surface area contributed by atoms with E-state index in [0.717, 1.165) is 10.7 Å². The zero-order valence-electron chi connectivity index (χ0n) is 22.2. The van der Waals surface area contributed by atoms with Gasteiger partial charge in [0.05, 0.1) is 23.2 Å². The molecule has 3 aromatic rings. The molecule has 0 spiro atoms. The number of aldehydes is 1. The predicted molar refractivity (Wildman–Crippen MR) is 140 cm³/mol. The molecular weight excluding hydrogens is 546 g/mol. The molecule has 1 saturated heterocycles. The second kappa shape index (κ2) is 11.2. The van der Waals surface area contributed by atoms with Gasteiger partial charge in [-0.15, -0.1) is 5.10 Å². The van der Waals surface area contributed by atoms with Gasteiger partial charge in [-0.1, -0.05) is 6.07 Å². The summed E-state index contributed by atoms with van der Waals surface area (Å²) >= 11 is 0. The van der Waals surface area contributed by atoms with Crippen LogP contribution in [-0.2, 0) is 9.53 Å². The van der Waals surface area contributed by atoms with Crippen LogP contribution in [0, 0.1) is 21.7 Å². The van der Waals surface area contributed by atoms with Crippen molar-refractivity contribution in [2.24, 2.45) is 5.73 Å². The van der Waals surface area contributed by atoms with Crippen LogP contribution in [0.25, 0.3) is 5.69 Å². The van der Waals surface area contributed by atoms with Crippen molar-refractivity contribution in [3.8, 4) is 17.2 Å². The zero-order chi connectivity index (χ0) is 30.1. The van der Waals surface area contributed by atoms with Crippen molar-refractivity contribution in [2.45, 2.75) is 32.4 Å². The molecule has 0 bridgehead atoms. The summed E-state index contributed by atoms with van der Waals surface area (Å²) in [5, 5.41) is 16.4. The highest BCUT2D eigenvalue weighted by Gasteiger charge is 2.42. The Morgan fingerprint density at radius 1 is 1.20 bits per heavy atom. The van der Waals surface area contributed by atoms with Crippen molar-refractivity contribution in [3.63, 3.8) is 0 Å². The van der Waals surface area contributed by atoms with Crippen molar-refractivity contribution >= 4 is 29.8 Å². The molecule has 0 aliphatic carbocycles. The smallest absolute Gasteiger partial charge is 0.410 e. The van der Waals surface area contributed by atoms with E-state index in [1.54, 1.807) is 20.8 Å². The molecule has 2 N–H and O–H groups in total. The summed E-state index contributed by atoms with van der Waals surface area (Å²) in [6, 6.07) is 8.34. The van der Waals surface area contributed by atoms with Crippen LogP contribution in [-0.4, -0.2) is 69.2 Å². The number of nitro groups is 1. The third-order valence-electron chi connectivity index (χ3n) is 5.98. The number of hydrogen-bond acceptors (Lipinski definition) is 9. The second-order valence-corrected chi connectivity index (χ2v) is 10.1. The van der Waals surface area contributed by atoms with Crippen LogP contribution in [0.15, 0.2) is 42.5 Å². The van der Waals surface area contributed by atoms with Crippen molar-refractivity contribution in [1.82, 2.24) is 14.7 Å². The van der Waals surface area contributed by atoms with Crippen LogP contribution in [0.2, 0.25) is 0 Å². The Kier molecular flexibility index (Phi) is 7.89. The topological polar surface area (TPSA) is 163 Å². The van der Waals surface area contributed by atoms with Crippen LogP contribution in [0.4, 0.5) is 25.1 Å². The van der Waals surface area contributed by atoms with Crippen molar-refractivity contribution in [2.75, 3.05) is 24.5 Å². The van der Waals surface area contributed by atoms with E-state index >= 15 is 0 Å². The quantitative estimate of drug-likeness (QED) is 0.229. The minimum absolute atomic E-state index is 0.0847. The standard InChI is InChI=1S/C26H26F2N6O7/c1-26(2,3)41-25(37)31-13-16(14-31)32(11-12-35)24-22(34(38)39)21(23(29)36)33(30-24)15-7-9-17(10-8-15)40-19-6-4-5-18(27)20(19)28/h4-10,12,16H,11,13-14H2,1-3H3,(H2,29,36). The number of halogens is 2. The van der Waals surface area contributed by atoms with Gasteiger partial charge in [0.25, 0.3) is 5.91 Å². The van der Waals surface area contributed by atoms with Gasteiger partial charge in [0.15, 0.2) is 11.6 Å². The Hall–Kier alpha value is -5.08. The summed E-state index contributed by atoms with van der Waals surface area (Å²) in [7, 11) is 0. The maximum atomic E-state index is 14.0. The minimum Gasteiger partial charge on any atom is -0.454 e. The van der Waals surface area contributed by atoms with Crippen LogP contribution >= 0.6 is 0 Å². The highest BCUT2D eigenvalue weighted by Crippen LogP contribution is 2.36. The predicted octanol–water partition coefficient (Wildman–Crippen LogP) is 3.57. The van der Waals surface area contributed by atoms with E-state index in [1.807, 2.05) is 0 Å². The third-order valence-corrected chi connectivity index (χ3v) is 5.98. The number of hydrogen-bond donors (Lipinski definition) is 1. The van der Waals surface area contributed by atoms with E-state index in [9.17, 15) is 33.3 Å². The molecule has 2 aromatic carbocycles. The van der Waals surface area contributed by atoms with Crippen LogP contribution in [0.1, 0.15) is 31.3 Å². The number of nitrogens with two attached hydrogens (primary N) is 1. The number of nitrogens with zero attached hydrogens (tertiary/aromatic N) is 5. The molecule has 2 heterocycles. The number of aromatic nitrogens is 2. The molecular formula is C26H26F2N6O7. The maximum absolute atomic E-state index is 14.0. The van der Waals surface area contributed by atoms with Crippen molar-refractivity contribution in [1.29, 1.82) is 0 Å². The number of likely N-dealkylation sites (tertiary alicyclic amines) is 1. The fraction of sp³-hybridized carbons (Fsp3) is 0.308. The Morgan fingerprint density at radius 2 is 1.85 bits per heavy atom. The van der Waals surface area contributed by atoms with Gasteiger partial charge >= 0.3 is 11.8 Å². The van der Waals surface area contributed by atoms with Gasteiger partial charge in [-0.2, -0.15) is 4.39 Å². The number of carbonyl (C=O) groups excluding carboxylic acids is 3. The van der Waals surface area contributed by atoms with Gasteiger partial charge in [-0.05, 0) is 57.2 Å². The molecule has 0 unspecified atom stereocenters. The average Bonchev–Trinajstić information content (AvgIpc) is 3.26. The first kappa shape index (κ1) is 28.9. The van der Waals surface area contributed by atoms with Gasteiger partial charge in [0.1, 0.15) is 17.6 Å². The Bertz CT molecular complexity index is 1500. The minimum atomic E-state index is -1.18. The lowest BCUT2D eigenvalue weighted by atomic mass is 10.1. The number of rotatable bonds is 9. The average molecular weight is 573 g/mol. The molecule has 1 aliphatic rings. The van der Waals surface area contributed by atoms with Gasteiger partial charge in [-0.25, -0.2) is 13.9 Å². The molecule has 4 rings (SSSR count). The van der Waals surface area contributed by atoms with E-state index in [4.69, 9.17) is 15.2 Å². The monoisotopic (exact) mass is 572 g/mol. The summed E-state index contributed by atoms with van der Waals surface area (Å²) in [6.07, 6.45) is -0.0707. The third kappa shape index (κ3) is 6.08. The summed E-state index contributed by atoms with van der Waals surface area (Å²) in [5.74, 6) is -4.00. The molecule has 0 radical (unpaired) electrons. The maximum Gasteiger partial charge on any atom is 0.410 e. The van der Waals surface area contributed by atoms with E-state index in [2.05, 4.69) is 5.10 Å². The summed E-state index contributed by atoms with van der Waals surface area (Å²) in [6.45, 7) is 4.97. The fourth-order valence-electron chi connectivity index (χ4n) is 4.13. The zero-order valence-corrected chi connectivity index (χ0v) is 22.2. The first-order valence-corrected chi connectivity index (χ1v) is 12.3. The van der Waals surface area contributed by atoms with E-state index < -0.39 is 51.6 Å². The Balaban J connectivity index is 1.67. The summed E-state index contributed by atoms with van der Waals surface area (Å²) in [4.78, 5) is 50.3. The fourth-order valence-corrected chi connectivity index (χ4v) is 4.13. The van der Waals surface area contributed by atoms with E-state index in [1.165, 1.54) is 46.2 Å². The van der Waals surface area contributed by atoms with E-state index in [-0.39, 0.29) is 42.6 Å². The van der Waals surface area contributed by atoms with Crippen LogP contribution in [0.3, 0.4) is 0 Å². The molecule has 1 aliphatic heterocycles. The molecule has 1 fully saturated rings. The number of ether oxygens (including phenoxy) is 2. The molecule has 0 saturated carbocycles. The largest absolute Gasteiger partial charge is 0.454 e. The number of anilines is 1. The van der Waals surface area contributed by atoms with Gasteiger partial charge < -0.3 is 29.8 Å². The molecule has 15 heteroatoms. The number of benzene rings is 2. The van der Waals surface area contributed by atoms with Gasteiger partial charge in [0.2, 0.25) is 17.3 Å². The summed E-state index contributed by atoms with van der Waals surface area (Å²) < 4.78 is 39.1. The number of carbonyl (C=O) groups is 3. The lowest BCUT2D eigenvalue weighted by molar-refractivity contribution is -0.384. The molecule has 41 heavy (non-hydrogen) atoms. The highest BCUT2D eigenvalue weighted by molar-refractivity contribution is 5.98. The number of amides is 2. The van der Waals surface area contributed by atoms with Crippen molar-refractivity contribution < 1.29 is 37.6 Å².